The number of nitrogens with two attached hydrogens (primary N) is 1. The van der Waals surface area contributed by atoms with Crippen LogP contribution < -0.4 is 5.73 Å². The molecule has 0 amide bonds. The van der Waals surface area contributed by atoms with Crippen LogP contribution in [0.4, 0.5) is 10.1 Å². The van der Waals surface area contributed by atoms with Crippen LogP contribution in [-0.2, 0) is 11.3 Å². The number of ether oxygens (including phenoxy) is 1. The molecule has 0 spiro atoms. The van der Waals surface area contributed by atoms with Crippen molar-refractivity contribution in [3.63, 3.8) is 0 Å². The Labute approximate surface area is 101 Å². The van der Waals surface area contributed by atoms with Gasteiger partial charge in [0, 0.05) is 38.0 Å². The van der Waals surface area contributed by atoms with Gasteiger partial charge in [-0.05, 0) is 12.1 Å². The molecule has 1 rings (SSSR count). The van der Waals surface area contributed by atoms with Crippen LogP contribution in [0.25, 0.3) is 0 Å². The van der Waals surface area contributed by atoms with E-state index in [4.69, 9.17) is 15.6 Å². The standard InChI is InChI=1S/C12H19FN2O2/c1-17-8-6-15(5-7-16)9-10-11(13)3-2-4-12(10)14/h2-4,16H,5-9,14H2,1H3. The Bertz CT molecular complexity index is 327. The largest absolute Gasteiger partial charge is 0.398 e. The number of hydrogen-bond donors (Lipinski definition) is 2. The first kappa shape index (κ1) is 13.9. The van der Waals surface area contributed by atoms with Gasteiger partial charge in [-0.3, -0.25) is 4.90 Å². The van der Waals surface area contributed by atoms with Crippen molar-refractivity contribution >= 4 is 5.69 Å². The maximum Gasteiger partial charge on any atom is 0.129 e. The summed E-state index contributed by atoms with van der Waals surface area (Å²) in [5, 5.41) is 8.95. The van der Waals surface area contributed by atoms with Crippen LogP contribution in [0, 0.1) is 5.82 Å². The maximum atomic E-state index is 13.6. The van der Waals surface area contributed by atoms with E-state index >= 15 is 0 Å². The van der Waals surface area contributed by atoms with Crippen molar-refractivity contribution in [3.8, 4) is 0 Å². The third kappa shape index (κ3) is 4.30. The SMILES string of the molecule is COCCN(CCO)Cc1c(N)cccc1F. The third-order valence-corrected chi connectivity index (χ3v) is 2.56. The number of methoxy groups -OCH3 is 1. The minimum atomic E-state index is -0.314. The van der Waals surface area contributed by atoms with Gasteiger partial charge < -0.3 is 15.6 Å². The molecule has 0 aromatic heterocycles. The van der Waals surface area contributed by atoms with E-state index < -0.39 is 0 Å². The van der Waals surface area contributed by atoms with Crippen molar-refractivity contribution < 1.29 is 14.2 Å². The molecule has 0 aliphatic carbocycles. The molecule has 0 saturated heterocycles. The van der Waals surface area contributed by atoms with Gasteiger partial charge in [0.15, 0.2) is 0 Å². The molecule has 1 aromatic carbocycles. The lowest BCUT2D eigenvalue weighted by Gasteiger charge is -2.22. The highest BCUT2D eigenvalue weighted by atomic mass is 19.1. The zero-order valence-electron chi connectivity index (χ0n) is 10.0. The van der Waals surface area contributed by atoms with Gasteiger partial charge in [0.05, 0.1) is 13.2 Å². The summed E-state index contributed by atoms with van der Waals surface area (Å²) in [7, 11) is 1.61. The number of benzene rings is 1. The highest BCUT2D eigenvalue weighted by molar-refractivity contribution is 5.47. The fourth-order valence-corrected chi connectivity index (χ4v) is 1.60. The second-order valence-electron chi connectivity index (χ2n) is 3.80. The first-order valence-corrected chi connectivity index (χ1v) is 5.54. The maximum absolute atomic E-state index is 13.6. The van der Waals surface area contributed by atoms with E-state index in [9.17, 15) is 4.39 Å². The van der Waals surface area contributed by atoms with Crippen LogP contribution in [-0.4, -0.2) is 43.4 Å². The number of nitrogens with zero attached hydrogens (tertiary/aromatic N) is 1. The minimum Gasteiger partial charge on any atom is -0.398 e. The molecule has 3 N–H and O–H groups in total. The number of anilines is 1. The van der Waals surface area contributed by atoms with Crippen molar-refractivity contribution in [2.75, 3.05) is 39.1 Å². The highest BCUT2D eigenvalue weighted by Gasteiger charge is 2.11. The Balaban J connectivity index is 2.70. The van der Waals surface area contributed by atoms with Crippen molar-refractivity contribution in [3.05, 3.63) is 29.6 Å². The predicted molar refractivity (Wildman–Crippen MR) is 65.1 cm³/mol. The normalized spacial score (nSPS) is 11.1. The van der Waals surface area contributed by atoms with Crippen LogP contribution in [0.5, 0.6) is 0 Å². The average molecular weight is 242 g/mol. The molecule has 0 aliphatic rings. The second-order valence-corrected chi connectivity index (χ2v) is 3.80. The molecular formula is C12H19FN2O2. The van der Waals surface area contributed by atoms with Crippen molar-refractivity contribution in [1.29, 1.82) is 0 Å². The first-order chi connectivity index (χ1) is 8.19. The molecule has 1 aromatic rings. The van der Waals surface area contributed by atoms with E-state index in [2.05, 4.69) is 0 Å². The topological polar surface area (TPSA) is 58.7 Å². The van der Waals surface area contributed by atoms with Crippen LogP contribution >= 0.6 is 0 Å². The van der Waals surface area contributed by atoms with E-state index in [1.54, 1.807) is 19.2 Å². The van der Waals surface area contributed by atoms with E-state index in [0.29, 0.717) is 37.5 Å². The predicted octanol–water partition coefficient (Wildman–Crippen LogP) is 0.849. The van der Waals surface area contributed by atoms with Crippen molar-refractivity contribution in [2.24, 2.45) is 0 Å². The Morgan fingerprint density at radius 1 is 1.41 bits per heavy atom. The van der Waals surface area contributed by atoms with Crippen molar-refractivity contribution in [2.45, 2.75) is 6.54 Å². The highest BCUT2D eigenvalue weighted by Crippen LogP contribution is 2.17. The zero-order valence-corrected chi connectivity index (χ0v) is 10.0. The molecular weight excluding hydrogens is 223 g/mol. The first-order valence-electron chi connectivity index (χ1n) is 5.54. The van der Waals surface area contributed by atoms with Gasteiger partial charge in [-0.1, -0.05) is 6.07 Å². The summed E-state index contributed by atoms with van der Waals surface area (Å²) in [6, 6.07) is 4.64. The van der Waals surface area contributed by atoms with Gasteiger partial charge in [0.25, 0.3) is 0 Å². The van der Waals surface area contributed by atoms with E-state index in [1.165, 1.54) is 6.07 Å². The Morgan fingerprint density at radius 3 is 2.76 bits per heavy atom. The van der Waals surface area contributed by atoms with Gasteiger partial charge in [0.2, 0.25) is 0 Å². The van der Waals surface area contributed by atoms with Gasteiger partial charge in [-0.25, -0.2) is 4.39 Å². The summed E-state index contributed by atoms with van der Waals surface area (Å²) >= 11 is 0. The van der Waals surface area contributed by atoms with Gasteiger partial charge in [-0.15, -0.1) is 0 Å². The molecule has 0 unspecified atom stereocenters. The summed E-state index contributed by atoms with van der Waals surface area (Å²) in [4.78, 5) is 1.90. The zero-order chi connectivity index (χ0) is 12.7. The number of aliphatic hydroxyl groups excluding tert-OH is 1. The molecule has 0 fully saturated rings. The van der Waals surface area contributed by atoms with Crippen LogP contribution in [0.15, 0.2) is 18.2 Å². The molecule has 17 heavy (non-hydrogen) atoms. The smallest absolute Gasteiger partial charge is 0.129 e. The number of nitrogen functional groups attached to an aromatic ring is 1. The third-order valence-electron chi connectivity index (χ3n) is 2.56. The van der Waals surface area contributed by atoms with E-state index in [1.807, 2.05) is 4.90 Å². The van der Waals surface area contributed by atoms with Gasteiger partial charge >= 0.3 is 0 Å². The number of aliphatic hydroxyl groups is 1. The summed E-state index contributed by atoms with van der Waals surface area (Å²) in [6.45, 7) is 2.04. The molecule has 0 saturated carbocycles. The summed E-state index contributed by atoms with van der Waals surface area (Å²) in [6.07, 6.45) is 0. The monoisotopic (exact) mass is 242 g/mol. The molecule has 0 aliphatic heterocycles. The average Bonchev–Trinajstić information content (AvgIpc) is 2.31. The minimum absolute atomic E-state index is 0.0259. The molecule has 0 atom stereocenters. The van der Waals surface area contributed by atoms with Crippen molar-refractivity contribution in [1.82, 2.24) is 4.90 Å². The lowest BCUT2D eigenvalue weighted by Crippen LogP contribution is -2.30. The molecule has 96 valence electrons. The van der Waals surface area contributed by atoms with Gasteiger partial charge in [0.1, 0.15) is 5.82 Å². The molecule has 0 radical (unpaired) electrons. The molecule has 4 nitrogen and oxygen atoms in total. The molecule has 0 bridgehead atoms. The van der Waals surface area contributed by atoms with Crippen LogP contribution in [0.2, 0.25) is 0 Å². The number of rotatable bonds is 7. The number of hydrogen-bond acceptors (Lipinski definition) is 4. The summed E-state index contributed by atoms with van der Waals surface area (Å²) in [5.41, 5.74) is 6.64. The Morgan fingerprint density at radius 2 is 2.18 bits per heavy atom. The Hall–Kier alpha value is -1.17. The van der Waals surface area contributed by atoms with Gasteiger partial charge in [-0.2, -0.15) is 0 Å². The van der Waals surface area contributed by atoms with E-state index in [-0.39, 0.29) is 12.4 Å². The fraction of sp³-hybridized carbons (Fsp3) is 0.500. The quantitative estimate of drug-likeness (QED) is 0.696. The fourth-order valence-electron chi connectivity index (χ4n) is 1.60. The number of halogens is 1. The van der Waals surface area contributed by atoms with E-state index in [0.717, 1.165) is 0 Å². The second kappa shape index (κ2) is 7.21. The molecule has 0 heterocycles. The lowest BCUT2D eigenvalue weighted by atomic mass is 10.1. The Kier molecular flexibility index (Phi) is 5.90. The summed E-state index contributed by atoms with van der Waals surface area (Å²) < 4.78 is 18.5. The summed E-state index contributed by atoms with van der Waals surface area (Å²) in [5.74, 6) is -0.314. The lowest BCUT2D eigenvalue weighted by molar-refractivity contribution is 0.126. The van der Waals surface area contributed by atoms with Crippen LogP contribution in [0.1, 0.15) is 5.56 Å². The van der Waals surface area contributed by atoms with Crippen LogP contribution in [0.3, 0.4) is 0 Å². The molecule has 5 heteroatoms.